The lowest BCUT2D eigenvalue weighted by Gasteiger charge is -2.11. The summed E-state index contributed by atoms with van der Waals surface area (Å²) >= 11 is 0. The predicted molar refractivity (Wildman–Crippen MR) is 96.2 cm³/mol. The monoisotopic (exact) mass is 412 g/mol. The number of rotatable bonds is 10. The highest BCUT2D eigenvalue weighted by Gasteiger charge is 2.20. The van der Waals surface area contributed by atoms with E-state index in [-0.39, 0.29) is 36.4 Å². The molecule has 0 aliphatic heterocycles. The van der Waals surface area contributed by atoms with E-state index in [1.807, 2.05) is 6.92 Å². The zero-order valence-corrected chi connectivity index (χ0v) is 15.4. The van der Waals surface area contributed by atoms with Crippen molar-refractivity contribution < 1.29 is 9.53 Å². The van der Waals surface area contributed by atoms with Crippen LogP contribution in [0, 0.1) is 5.92 Å². The number of aliphatic imine (C=N–C) groups is 1. The number of carbonyl (C=O) groups is 1. The van der Waals surface area contributed by atoms with Gasteiger partial charge in [0.25, 0.3) is 0 Å². The van der Waals surface area contributed by atoms with Crippen LogP contribution in [0.25, 0.3) is 0 Å². The number of nitrogens with zero attached hydrogens (tertiary/aromatic N) is 1. The van der Waals surface area contributed by atoms with Gasteiger partial charge in [0.2, 0.25) is 5.91 Å². The molecule has 0 atom stereocenters. The first-order valence-corrected chi connectivity index (χ1v) is 7.55. The van der Waals surface area contributed by atoms with Gasteiger partial charge in [0, 0.05) is 33.4 Å². The summed E-state index contributed by atoms with van der Waals surface area (Å²) in [5, 5.41) is 8.95. The van der Waals surface area contributed by atoms with Crippen LogP contribution in [0.3, 0.4) is 0 Å². The third-order valence-electron chi connectivity index (χ3n) is 3.02. The maximum atomic E-state index is 11.4. The van der Waals surface area contributed by atoms with E-state index in [9.17, 15) is 4.79 Å². The fraction of sp³-hybridized carbons (Fsp3) is 0.857. The molecule has 6 nitrogen and oxygen atoms in total. The van der Waals surface area contributed by atoms with E-state index in [1.54, 1.807) is 7.05 Å². The van der Waals surface area contributed by atoms with Gasteiger partial charge in [-0.05, 0) is 31.6 Å². The van der Waals surface area contributed by atoms with Crippen molar-refractivity contribution >= 4 is 35.8 Å². The van der Waals surface area contributed by atoms with Gasteiger partial charge in [0.05, 0.1) is 6.54 Å². The van der Waals surface area contributed by atoms with Gasteiger partial charge in [-0.3, -0.25) is 9.79 Å². The number of hydrogen-bond acceptors (Lipinski definition) is 3. The molecule has 0 radical (unpaired) electrons. The van der Waals surface area contributed by atoms with Gasteiger partial charge in [-0.25, -0.2) is 0 Å². The van der Waals surface area contributed by atoms with Gasteiger partial charge < -0.3 is 20.7 Å². The van der Waals surface area contributed by atoms with Crippen LogP contribution in [0.5, 0.6) is 0 Å². The molecule has 1 saturated carbocycles. The quantitative estimate of drug-likeness (QED) is 0.218. The molecule has 1 amide bonds. The fourth-order valence-electron chi connectivity index (χ4n) is 1.63. The molecule has 1 aliphatic rings. The van der Waals surface area contributed by atoms with E-state index in [2.05, 4.69) is 20.9 Å². The van der Waals surface area contributed by atoms with E-state index < -0.39 is 0 Å². The normalized spacial score (nSPS) is 14.3. The summed E-state index contributed by atoms with van der Waals surface area (Å²) in [5.74, 6) is 1.46. The third-order valence-corrected chi connectivity index (χ3v) is 3.02. The number of hydrogen-bond donors (Lipinski definition) is 3. The molecule has 0 aromatic carbocycles. The van der Waals surface area contributed by atoms with Gasteiger partial charge in [0.15, 0.2) is 5.96 Å². The number of amides is 1. The highest BCUT2D eigenvalue weighted by molar-refractivity contribution is 14.0. The largest absolute Gasteiger partial charge is 0.381 e. The number of halogens is 1. The number of guanidine groups is 1. The lowest BCUT2D eigenvalue weighted by molar-refractivity contribution is -0.120. The Morgan fingerprint density at radius 2 is 2.00 bits per heavy atom. The molecule has 0 heterocycles. The Morgan fingerprint density at radius 3 is 2.62 bits per heavy atom. The standard InChI is InChI=1S/C14H28N4O2.HI/c1-3-7-16-13(19)10-18-14(15-2)17-8-4-9-20-11-12-5-6-12;/h12H,3-11H2,1-2H3,(H,16,19)(H2,15,17,18);1H. The SMILES string of the molecule is CCCNC(=O)CNC(=NC)NCCCOCC1CC1.I. The molecule has 1 aliphatic carbocycles. The molecule has 0 unspecified atom stereocenters. The smallest absolute Gasteiger partial charge is 0.239 e. The molecular weight excluding hydrogens is 383 g/mol. The second-order valence-electron chi connectivity index (χ2n) is 5.07. The first-order chi connectivity index (χ1) is 9.76. The van der Waals surface area contributed by atoms with Crippen LogP contribution in [0.15, 0.2) is 4.99 Å². The van der Waals surface area contributed by atoms with Crippen molar-refractivity contribution in [3.8, 4) is 0 Å². The van der Waals surface area contributed by atoms with Crippen molar-refractivity contribution in [1.29, 1.82) is 0 Å². The second kappa shape index (κ2) is 13.1. The van der Waals surface area contributed by atoms with Gasteiger partial charge in [-0.15, -0.1) is 24.0 Å². The predicted octanol–water partition coefficient (Wildman–Crippen LogP) is 1.11. The minimum atomic E-state index is -0.0115. The van der Waals surface area contributed by atoms with Crippen LogP contribution >= 0.6 is 24.0 Å². The molecule has 0 aromatic rings. The minimum Gasteiger partial charge on any atom is -0.381 e. The Morgan fingerprint density at radius 1 is 1.24 bits per heavy atom. The maximum absolute atomic E-state index is 11.4. The Kier molecular flexibility index (Phi) is 12.8. The van der Waals surface area contributed by atoms with Crippen molar-refractivity contribution in [2.75, 3.05) is 39.9 Å². The number of nitrogens with one attached hydrogen (secondary N) is 3. The van der Waals surface area contributed by atoms with E-state index in [4.69, 9.17) is 4.74 Å². The summed E-state index contributed by atoms with van der Waals surface area (Å²) in [6.07, 6.45) is 4.54. The first kappa shape index (κ1) is 20.4. The van der Waals surface area contributed by atoms with Crippen LogP contribution in [0.2, 0.25) is 0 Å². The van der Waals surface area contributed by atoms with E-state index in [0.717, 1.165) is 38.5 Å². The lowest BCUT2D eigenvalue weighted by Crippen LogP contribution is -2.43. The fourth-order valence-corrected chi connectivity index (χ4v) is 1.63. The van der Waals surface area contributed by atoms with Gasteiger partial charge in [-0.1, -0.05) is 6.92 Å². The highest BCUT2D eigenvalue weighted by Crippen LogP contribution is 2.28. The van der Waals surface area contributed by atoms with Crippen LogP contribution < -0.4 is 16.0 Å². The average Bonchev–Trinajstić information content (AvgIpc) is 3.27. The molecule has 0 saturated heterocycles. The van der Waals surface area contributed by atoms with Gasteiger partial charge in [-0.2, -0.15) is 0 Å². The Balaban J connectivity index is 0.00000400. The summed E-state index contributed by atoms with van der Waals surface area (Å²) < 4.78 is 5.55. The van der Waals surface area contributed by atoms with Crippen molar-refractivity contribution in [3.63, 3.8) is 0 Å². The van der Waals surface area contributed by atoms with Crippen molar-refractivity contribution in [1.82, 2.24) is 16.0 Å². The number of ether oxygens (including phenoxy) is 1. The Hall–Kier alpha value is -0.570. The van der Waals surface area contributed by atoms with E-state index >= 15 is 0 Å². The number of carbonyl (C=O) groups excluding carboxylic acids is 1. The molecule has 7 heteroatoms. The van der Waals surface area contributed by atoms with Crippen LogP contribution in [-0.4, -0.2) is 51.8 Å². The van der Waals surface area contributed by atoms with Crippen molar-refractivity contribution in [3.05, 3.63) is 0 Å². The Bertz CT molecular complexity index is 309. The van der Waals surface area contributed by atoms with Crippen molar-refractivity contribution in [2.24, 2.45) is 10.9 Å². The molecule has 1 fully saturated rings. The van der Waals surface area contributed by atoms with Crippen molar-refractivity contribution in [2.45, 2.75) is 32.6 Å². The topological polar surface area (TPSA) is 74.8 Å². The van der Waals surface area contributed by atoms with Gasteiger partial charge in [0.1, 0.15) is 0 Å². The molecular formula is C14H29IN4O2. The molecule has 1 rings (SSSR count). The first-order valence-electron chi connectivity index (χ1n) is 7.55. The molecule has 21 heavy (non-hydrogen) atoms. The summed E-state index contributed by atoms with van der Waals surface area (Å²) in [6.45, 7) is 5.46. The molecule has 124 valence electrons. The minimum absolute atomic E-state index is 0. The van der Waals surface area contributed by atoms with E-state index in [1.165, 1.54) is 12.8 Å². The maximum Gasteiger partial charge on any atom is 0.239 e. The Labute approximate surface area is 144 Å². The molecule has 3 N–H and O–H groups in total. The summed E-state index contributed by atoms with van der Waals surface area (Å²) in [4.78, 5) is 15.5. The lowest BCUT2D eigenvalue weighted by atomic mass is 10.4. The summed E-state index contributed by atoms with van der Waals surface area (Å²) in [6, 6.07) is 0. The average molecular weight is 412 g/mol. The molecule has 0 aromatic heterocycles. The zero-order chi connectivity index (χ0) is 14.6. The zero-order valence-electron chi connectivity index (χ0n) is 13.1. The van der Waals surface area contributed by atoms with Crippen LogP contribution in [0.1, 0.15) is 32.6 Å². The van der Waals surface area contributed by atoms with Crippen LogP contribution in [0.4, 0.5) is 0 Å². The highest BCUT2D eigenvalue weighted by atomic mass is 127. The second-order valence-corrected chi connectivity index (χ2v) is 5.07. The summed E-state index contributed by atoms with van der Waals surface area (Å²) in [7, 11) is 1.70. The third kappa shape index (κ3) is 11.7. The van der Waals surface area contributed by atoms with Crippen LogP contribution in [-0.2, 0) is 9.53 Å². The van der Waals surface area contributed by atoms with E-state index in [0.29, 0.717) is 12.5 Å². The van der Waals surface area contributed by atoms with Gasteiger partial charge >= 0.3 is 0 Å². The summed E-state index contributed by atoms with van der Waals surface area (Å²) in [5.41, 5.74) is 0. The molecule has 0 bridgehead atoms. The molecule has 0 spiro atoms.